The minimum Gasteiger partial charge on any atom is -0.391 e. The van der Waals surface area contributed by atoms with Gasteiger partial charge in [-0.2, -0.15) is 0 Å². The first-order valence-corrected chi connectivity index (χ1v) is 9.27. The van der Waals surface area contributed by atoms with E-state index in [1.165, 1.54) is 0 Å². The molecule has 1 aromatic rings. The van der Waals surface area contributed by atoms with Crippen LogP contribution in [0, 0.1) is 5.41 Å². The Kier molecular flexibility index (Phi) is 4.51. The molecule has 1 unspecified atom stereocenters. The summed E-state index contributed by atoms with van der Waals surface area (Å²) in [5, 5.41) is 13.8. The van der Waals surface area contributed by atoms with Crippen LogP contribution in [0.4, 0.5) is 0 Å². The van der Waals surface area contributed by atoms with Gasteiger partial charge in [-0.15, -0.1) is 11.3 Å². The Morgan fingerprint density at radius 3 is 2.70 bits per heavy atom. The molecule has 0 aromatic carbocycles. The lowest BCUT2D eigenvalue weighted by Gasteiger charge is -2.55. The molecule has 0 bridgehead atoms. The summed E-state index contributed by atoms with van der Waals surface area (Å²) >= 11 is 1.70. The average molecular weight is 337 g/mol. The summed E-state index contributed by atoms with van der Waals surface area (Å²) in [5.74, 6) is 0.0679. The molecular weight excluding hydrogens is 310 g/mol. The monoisotopic (exact) mass is 337 g/mol. The molecule has 3 heterocycles. The predicted octanol–water partition coefficient (Wildman–Crippen LogP) is 2.12. The molecular formula is C17H27N3O2S. The van der Waals surface area contributed by atoms with E-state index in [2.05, 4.69) is 9.88 Å². The molecule has 2 aliphatic rings. The first-order chi connectivity index (χ1) is 10.8. The average Bonchev–Trinajstić information content (AvgIpc) is 2.99. The number of amides is 1. The highest BCUT2D eigenvalue weighted by atomic mass is 32.1. The number of aliphatic hydroxyl groups is 1. The summed E-state index contributed by atoms with van der Waals surface area (Å²) in [6.45, 7) is 9.28. The largest absolute Gasteiger partial charge is 0.391 e. The van der Waals surface area contributed by atoms with Gasteiger partial charge in [0.25, 0.3) is 0 Å². The van der Waals surface area contributed by atoms with Crippen LogP contribution >= 0.6 is 11.3 Å². The number of hydrogen-bond donors (Lipinski definition) is 1. The van der Waals surface area contributed by atoms with Crippen molar-refractivity contribution in [3.63, 3.8) is 0 Å². The molecule has 1 aromatic heterocycles. The Bertz CT molecular complexity index is 550. The topological polar surface area (TPSA) is 56.7 Å². The summed E-state index contributed by atoms with van der Waals surface area (Å²) in [6, 6.07) is 0. The SMILES string of the molecule is CC(=O)N1CC2(CCN(Cc3nccs3)CC2)CC(O)C1(C)C. The number of carbonyl (C=O) groups is 1. The number of aromatic nitrogens is 1. The number of carbonyl (C=O) groups excluding carboxylic acids is 1. The van der Waals surface area contributed by atoms with Crippen molar-refractivity contribution >= 4 is 17.2 Å². The van der Waals surface area contributed by atoms with Crippen LogP contribution in [0.15, 0.2) is 11.6 Å². The molecule has 128 valence electrons. The van der Waals surface area contributed by atoms with Gasteiger partial charge in [-0.1, -0.05) is 0 Å². The summed E-state index contributed by atoms with van der Waals surface area (Å²) in [4.78, 5) is 20.7. The fraction of sp³-hybridized carbons (Fsp3) is 0.765. The fourth-order valence-electron chi connectivity index (χ4n) is 4.03. The van der Waals surface area contributed by atoms with Gasteiger partial charge in [0.15, 0.2) is 0 Å². The Balaban J connectivity index is 1.66. The Labute approximate surface area is 142 Å². The molecule has 1 N–H and O–H groups in total. The van der Waals surface area contributed by atoms with Crippen molar-refractivity contribution in [1.29, 1.82) is 0 Å². The molecule has 0 aliphatic carbocycles. The summed E-state index contributed by atoms with van der Waals surface area (Å²) in [5.41, 5.74) is -0.394. The van der Waals surface area contributed by atoms with Crippen molar-refractivity contribution in [3.05, 3.63) is 16.6 Å². The van der Waals surface area contributed by atoms with Gasteiger partial charge < -0.3 is 10.0 Å². The van der Waals surface area contributed by atoms with E-state index >= 15 is 0 Å². The van der Waals surface area contributed by atoms with E-state index in [0.717, 1.165) is 50.4 Å². The number of nitrogens with zero attached hydrogens (tertiary/aromatic N) is 3. The molecule has 3 rings (SSSR count). The third-order valence-corrected chi connectivity index (χ3v) is 6.53. The third-order valence-electron chi connectivity index (χ3n) is 5.77. The predicted molar refractivity (Wildman–Crippen MR) is 91.1 cm³/mol. The lowest BCUT2D eigenvalue weighted by Crippen LogP contribution is -2.64. The van der Waals surface area contributed by atoms with Gasteiger partial charge in [-0.05, 0) is 51.6 Å². The van der Waals surface area contributed by atoms with Crippen molar-refractivity contribution < 1.29 is 9.90 Å². The van der Waals surface area contributed by atoms with Crippen LogP contribution in [-0.4, -0.2) is 57.1 Å². The second-order valence-electron chi connectivity index (χ2n) is 7.68. The molecule has 2 saturated heterocycles. The van der Waals surface area contributed by atoms with E-state index in [9.17, 15) is 9.90 Å². The maximum atomic E-state index is 12.1. The second-order valence-corrected chi connectivity index (χ2v) is 8.66. The van der Waals surface area contributed by atoms with Crippen LogP contribution in [-0.2, 0) is 11.3 Å². The summed E-state index contributed by atoms with van der Waals surface area (Å²) in [6.07, 6.45) is 4.28. The first-order valence-electron chi connectivity index (χ1n) is 8.39. The molecule has 1 spiro atoms. The first kappa shape index (κ1) is 16.9. The van der Waals surface area contributed by atoms with Crippen molar-refractivity contribution in [2.75, 3.05) is 19.6 Å². The Morgan fingerprint density at radius 1 is 1.43 bits per heavy atom. The van der Waals surface area contributed by atoms with Crippen LogP contribution in [0.25, 0.3) is 0 Å². The highest BCUT2D eigenvalue weighted by Crippen LogP contribution is 2.45. The Morgan fingerprint density at radius 2 is 2.13 bits per heavy atom. The molecule has 2 aliphatic heterocycles. The highest BCUT2D eigenvalue weighted by Gasteiger charge is 2.50. The minimum atomic E-state index is -0.463. The van der Waals surface area contributed by atoms with E-state index in [0.29, 0.717) is 0 Å². The number of likely N-dealkylation sites (tertiary alicyclic amines) is 2. The number of piperidine rings is 2. The molecule has 2 fully saturated rings. The second kappa shape index (κ2) is 6.15. The molecule has 1 amide bonds. The van der Waals surface area contributed by atoms with Crippen molar-refractivity contribution in [2.45, 2.75) is 58.2 Å². The van der Waals surface area contributed by atoms with Gasteiger partial charge in [0, 0.05) is 25.0 Å². The molecule has 0 radical (unpaired) electrons. The van der Waals surface area contributed by atoms with E-state index in [-0.39, 0.29) is 11.3 Å². The number of hydrogen-bond acceptors (Lipinski definition) is 5. The smallest absolute Gasteiger partial charge is 0.219 e. The van der Waals surface area contributed by atoms with Crippen molar-refractivity contribution in [2.24, 2.45) is 5.41 Å². The van der Waals surface area contributed by atoms with E-state index < -0.39 is 11.6 Å². The van der Waals surface area contributed by atoms with Crippen LogP contribution < -0.4 is 0 Å². The summed E-state index contributed by atoms with van der Waals surface area (Å²) in [7, 11) is 0. The minimum absolute atomic E-state index is 0.0679. The molecule has 6 heteroatoms. The van der Waals surface area contributed by atoms with E-state index in [1.807, 2.05) is 30.3 Å². The quantitative estimate of drug-likeness (QED) is 0.898. The molecule has 0 saturated carbocycles. The van der Waals surface area contributed by atoms with Crippen LogP contribution in [0.2, 0.25) is 0 Å². The number of thiazole rings is 1. The molecule has 23 heavy (non-hydrogen) atoms. The van der Waals surface area contributed by atoms with Crippen molar-refractivity contribution in [1.82, 2.24) is 14.8 Å². The van der Waals surface area contributed by atoms with Crippen molar-refractivity contribution in [3.8, 4) is 0 Å². The lowest BCUT2D eigenvalue weighted by molar-refractivity contribution is -0.157. The van der Waals surface area contributed by atoms with Gasteiger partial charge in [-0.3, -0.25) is 9.69 Å². The zero-order chi connectivity index (χ0) is 16.7. The van der Waals surface area contributed by atoms with Gasteiger partial charge >= 0.3 is 0 Å². The van der Waals surface area contributed by atoms with Gasteiger partial charge in [0.2, 0.25) is 5.91 Å². The normalized spacial score (nSPS) is 27.3. The van der Waals surface area contributed by atoms with Crippen LogP contribution in [0.3, 0.4) is 0 Å². The van der Waals surface area contributed by atoms with E-state index in [1.54, 1.807) is 18.3 Å². The maximum absolute atomic E-state index is 12.1. The standard InChI is InChI=1S/C17H27N3O2S/c1-13(21)20-12-17(10-14(22)16(20,2)3)4-7-19(8-5-17)11-15-18-6-9-23-15/h6,9,14,22H,4-5,7-8,10-12H2,1-3H3. The highest BCUT2D eigenvalue weighted by molar-refractivity contribution is 7.09. The lowest BCUT2D eigenvalue weighted by atomic mass is 9.67. The molecule has 1 atom stereocenters. The fourth-order valence-corrected chi connectivity index (χ4v) is 4.69. The van der Waals surface area contributed by atoms with Crippen LogP contribution in [0.5, 0.6) is 0 Å². The summed E-state index contributed by atoms with van der Waals surface area (Å²) < 4.78 is 0. The van der Waals surface area contributed by atoms with Gasteiger partial charge in [0.1, 0.15) is 5.01 Å². The number of rotatable bonds is 2. The zero-order valence-electron chi connectivity index (χ0n) is 14.3. The Hall–Kier alpha value is -0.980. The third kappa shape index (κ3) is 3.30. The van der Waals surface area contributed by atoms with Gasteiger partial charge in [-0.25, -0.2) is 4.98 Å². The van der Waals surface area contributed by atoms with Crippen LogP contribution in [0.1, 0.15) is 45.0 Å². The molecule has 5 nitrogen and oxygen atoms in total. The van der Waals surface area contributed by atoms with Gasteiger partial charge in [0.05, 0.1) is 18.2 Å². The maximum Gasteiger partial charge on any atom is 0.219 e. The van der Waals surface area contributed by atoms with E-state index in [4.69, 9.17) is 0 Å². The zero-order valence-corrected chi connectivity index (χ0v) is 15.1. The number of aliphatic hydroxyl groups excluding tert-OH is 1.